The third kappa shape index (κ3) is 3.84. The molecule has 0 fully saturated rings. The van der Waals surface area contributed by atoms with Crippen LogP contribution in [0, 0.1) is 13.8 Å². The average Bonchev–Trinajstić information content (AvgIpc) is 2.89. The van der Waals surface area contributed by atoms with Crippen LogP contribution in [-0.2, 0) is 6.54 Å². The molecule has 0 radical (unpaired) electrons. The second-order valence-corrected chi connectivity index (χ2v) is 6.21. The highest BCUT2D eigenvalue weighted by Crippen LogP contribution is 2.15. The minimum Gasteiger partial charge on any atom is -0.305 e. The van der Waals surface area contributed by atoms with Crippen molar-refractivity contribution in [3.63, 3.8) is 0 Å². The Morgan fingerprint density at radius 1 is 1.08 bits per heavy atom. The first kappa shape index (κ1) is 16.3. The first-order valence-electron chi connectivity index (χ1n) is 7.68. The fraction of sp³-hybridized carbons (Fsp3) is 0.158. The van der Waals surface area contributed by atoms with Crippen molar-refractivity contribution in [1.82, 2.24) is 9.78 Å². The number of hydrogen-bond acceptors (Lipinski definition) is 2. The third-order valence-electron chi connectivity index (χ3n) is 3.78. The Kier molecular flexibility index (Phi) is 4.67. The summed E-state index contributed by atoms with van der Waals surface area (Å²) in [5.74, 6) is 0.387. The van der Waals surface area contributed by atoms with Gasteiger partial charge in [-0.05, 0) is 43.7 Å². The summed E-state index contributed by atoms with van der Waals surface area (Å²) in [6.07, 6.45) is 0. The van der Waals surface area contributed by atoms with Crippen molar-refractivity contribution in [3.05, 3.63) is 82.0 Å². The lowest BCUT2D eigenvalue weighted by molar-refractivity contribution is 0.102. The van der Waals surface area contributed by atoms with E-state index in [1.807, 2.05) is 73.1 Å². The second kappa shape index (κ2) is 6.89. The number of aryl methyl sites for hydroxylation is 2. The van der Waals surface area contributed by atoms with E-state index in [-0.39, 0.29) is 5.91 Å². The van der Waals surface area contributed by atoms with Gasteiger partial charge < -0.3 is 5.32 Å². The average molecular weight is 340 g/mol. The third-order valence-corrected chi connectivity index (χ3v) is 4.03. The molecule has 1 N–H and O–H groups in total. The molecule has 0 saturated heterocycles. The molecule has 2 aromatic carbocycles. The van der Waals surface area contributed by atoms with E-state index in [1.54, 1.807) is 0 Å². The summed E-state index contributed by atoms with van der Waals surface area (Å²) in [5, 5.41) is 8.01. The van der Waals surface area contributed by atoms with E-state index < -0.39 is 0 Å². The predicted molar refractivity (Wildman–Crippen MR) is 96.7 cm³/mol. The number of halogens is 1. The minimum absolute atomic E-state index is 0.161. The molecule has 1 heterocycles. The van der Waals surface area contributed by atoms with Crippen LogP contribution in [0.3, 0.4) is 0 Å². The van der Waals surface area contributed by atoms with E-state index in [2.05, 4.69) is 10.4 Å². The van der Waals surface area contributed by atoms with Crippen molar-refractivity contribution in [1.29, 1.82) is 0 Å². The quantitative estimate of drug-likeness (QED) is 0.763. The molecule has 0 atom stereocenters. The van der Waals surface area contributed by atoms with Crippen molar-refractivity contribution < 1.29 is 4.79 Å². The van der Waals surface area contributed by atoms with Crippen LogP contribution in [0.4, 0.5) is 5.82 Å². The van der Waals surface area contributed by atoms with E-state index in [4.69, 9.17) is 11.6 Å². The summed E-state index contributed by atoms with van der Waals surface area (Å²) in [6.45, 7) is 4.58. The SMILES string of the molecule is Cc1ccc(C(=O)Nc2cc(C)n(Cc3ccc(Cl)cc3)n2)cc1. The Morgan fingerprint density at radius 3 is 2.42 bits per heavy atom. The van der Waals surface area contributed by atoms with Crippen LogP contribution in [-0.4, -0.2) is 15.7 Å². The van der Waals surface area contributed by atoms with Gasteiger partial charge in [-0.15, -0.1) is 0 Å². The highest BCUT2D eigenvalue weighted by Gasteiger charge is 2.10. The van der Waals surface area contributed by atoms with E-state index in [9.17, 15) is 4.79 Å². The Bertz CT molecular complexity index is 851. The Hall–Kier alpha value is -2.59. The summed E-state index contributed by atoms with van der Waals surface area (Å²) >= 11 is 5.91. The number of aromatic nitrogens is 2. The number of nitrogens with one attached hydrogen (secondary N) is 1. The molecule has 1 aromatic heterocycles. The van der Waals surface area contributed by atoms with Gasteiger partial charge in [0.05, 0.1) is 6.54 Å². The maximum absolute atomic E-state index is 12.3. The molecule has 0 unspecified atom stereocenters. The maximum Gasteiger partial charge on any atom is 0.256 e. The molecule has 0 aliphatic rings. The smallest absolute Gasteiger partial charge is 0.256 e. The number of anilines is 1. The van der Waals surface area contributed by atoms with E-state index in [0.717, 1.165) is 16.8 Å². The zero-order chi connectivity index (χ0) is 17.1. The monoisotopic (exact) mass is 339 g/mol. The van der Waals surface area contributed by atoms with Crippen molar-refractivity contribution in [2.24, 2.45) is 0 Å². The molecule has 0 spiro atoms. The van der Waals surface area contributed by atoms with Crippen LogP contribution in [0.1, 0.15) is 27.2 Å². The number of carbonyl (C=O) groups excluding carboxylic acids is 1. The molecule has 0 saturated carbocycles. The highest BCUT2D eigenvalue weighted by molar-refractivity contribution is 6.30. The largest absolute Gasteiger partial charge is 0.305 e. The van der Waals surface area contributed by atoms with Gasteiger partial charge in [0.2, 0.25) is 0 Å². The number of carbonyl (C=O) groups is 1. The van der Waals surface area contributed by atoms with E-state index in [0.29, 0.717) is 22.9 Å². The minimum atomic E-state index is -0.161. The molecule has 122 valence electrons. The van der Waals surface area contributed by atoms with Crippen LogP contribution in [0.25, 0.3) is 0 Å². The fourth-order valence-electron chi connectivity index (χ4n) is 2.39. The van der Waals surface area contributed by atoms with Gasteiger partial charge in [0.15, 0.2) is 5.82 Å². The van der Waals surface area contributed by atoms with E-state index in [1.165, 1.54) is 0 Å². The van der Waals surface area contributed by atoms with Gasteiger partial charge in [0.1, 0.15) is 0 Å². The molecular weight excluding hydrogens is 322 g/mol. The number of nitrogens with zero attached hydrogens (tertiary/aromatic N) is 2. The molecular formula is C19H18ClN3O. The van der Waals surface area contributed by atoms with Gasteiger partial charge in [0, 0.05) is 22.3 Å². The summed E-state index contributed by atoms with van der Waals surface area (Å²) in [7, 11) is 0. The molecule has 0 bridgehead atoms. The lowest BCUT2D eigenvalue weighted by atomic mass is 10.1. The zero-order valence-electron chi connectivity index (χ0n) is 13.6. The van der Waals surface area contributed by atoms with Crippen molar-refractivity contribution in [2.75, 3.05) is 5.32 Å². The number of rotatable bonds is 4. The summed E-state index contributed by atoms with van der Waals surface area (Å²) in [5.41, 5.74) is 3.81. The summed E-state index contributed by atoms with van der Waals surface area (Å²) < 4.78 is 1.86. The molecule has 0 aliphatic heterocycles. The van der Waals surface area contributed by atoms with Gasteiger partial charge >= 0.3 is 0 Å². The van der Waals surface area contributed by atoms with Crippen molar-refractivity contribution >= 4 is 23.3 Å². The molecule has 24 heavy (non-hydrogen) atoms. The first-order chi connectivity index (χ1) is 11.5. The number of hydrogen-bond donors (Lipinski definition) is 1. The van der Waals surface area contributed by atoms with E-state index >= 15 is 0 Å². The fourth-order valence-corrected chi connectivity index (χ4v) is 2.51. The van der Waals surface area contributed by atoms with Crippen LogP contribution in [0.15, 0.2) is 54.6 Å². The maximum atomic E-state index is 12.3. The van der Waals surface area contributed by atoms with Crippen LogP contribution >= 0.6 is 11.6 Å². The molecule has 1 amide bonds. The molecule has 5 heteroatoms. The normalized spacial score (nSPS) is 10.6. The van der Waals surface area contributed by atoms with Gasteiger partial charge in [0.25, 0.3) is 5.91 Å². The summed E-state index contributed by atoms with van der Waals surface area (Å²) in [4.78, 5) is 12.3. The first-order valence-corrected chi connectivity index (χ1v) is 8.06. The topological polar surface area (TPSA) is 46.9 Å². The van der Waals surface area contributed by atoms with Gasteiger partial charge in [-0.3, -0.25) is 9.48 Å². The highest BCUT2D eigenvalue weighted by atomic mass is 35.5. The van der Waals surface area contributed by atoms with Crippen LogP contribution in [0.5, 0.6) is 0 Å². The van der Waals surface area contributed by atoms with Gasteiger partial charge in [-0.1, -0.05) is 41.4 Å². The number of amides is 1. The lowest BCUT2D eigenvalue weighted by Crippen LogP contribution is -2.12. The van der Waals surface area contributed by atoms with Gasteiger partial charge in [-0.2, -0.15) is 5.10 Å². The molecule has 4 nitrogen and oxygen atoms in total. The van der Waals surface area contributed by atoms with Crippen molar-refractivity contribution in [3.8, 4) is 0 Å². The Morgan fingerprint density at radius 2 is 1.75 bits per heavy atom. The van der Waals surface area contributed by atoms with Crippen molar-refractivity contribution in [2.45, 2.75) is 20.4 Å². The van der Waals surface area contributed by atoms with Crippen LogP contribution < -0.4 is 5.32 Å². The Labute approximate surface area is 146 Å². The molecule has 3 rings (SSSR count). The zero-order valence-corrected chi connectivity index (χ0v) is 14.3. The molecule has 3 aromatic rings. The van der Waals surface area contributed by atoms with Crippen LogP contribution in [0.2, 0.25) is 5.02 Å². The lowest BCUT2D eigenvalue weighted by Gasteiger charge is -2.05. The number of benzene rings is 2. The second-order valence-electron chi connectivity index (χ2n) is 5.78. The van der Waals surface area contributed by atoms with Gasteiger partial charge in [-0.25, -0.2) is 0 Å². The Balaban J connectivity index is 1.72. The standard InChI is InChI=1S/C19H18ClN3O/c1-13-3-7-16(8-4-13)19(24)21-18-11-14(2)23(22-18)12-15-5-9-17(20)10-6-15/h3-11H,12H2,1-2H3,(H,21,22,24). The molecule has 0 aliphatic carbocycles. The predicted octanol–water partition coefficient (Wildman–Crippen LogP) is 4.45. The summed E-state index contributed by atoms with van der Waals surface area (Å²) in [6, 6.07) is 17.0.